The molecule has 3 saturated carbocycles. The Labute approximate surface area is 129 Å². The molecule has 0 aromatic rings. The first-order chi connectivity index (χ1) is 9.95. The van der Waals surface area contributed by atoms with Gasteiger partial charge in [0.1, 0.15) is 0 Å². The van der Waals surface area contributed by atoms with Crippen molar-refractivity contribution >= 4 is 0 Å². The van der Waals surface area contributed by atoms with Crippen LogP contribution in [-0.2, 0) is 0 Å². The maximum atomic E-state index is 9.50. The van der Waals surface area contributed by atoms with Crippen molar-refractivity contribution in [3.63, 3.8) is 0 Å². The minimum atomic E-state index is 0.288. The van der Waals surface area contributed by atoms with Crippen molar-refractivity contribution in [1.82, 2.24) is 0 Å². The van der Waals surface area contributed by atoms with Crippen LogP contribution in [0.4, 0.5) is 0 Å². The summed E-state index contributed by atoms with van der Waals surface area (Å²) in [6, 6.07) is 2.62. The van der Waals surface area contributed by atoms with Crippen molar-refractivity contribution in [2.45, 2.75) is 65.7 Å². The molecule has 21 heavy (non-hydrogen) atoms. The Morgan fingerprint density at radius 3 is 2.48 bits per heavy atom. The zero-order chi connectivity index (χ0) is 15.3. The minimum absolute atomic E-state index is 0.288. The van der Waals surface area contributed by atoms with Gasteiger partial charge >= 0.3 is 0 Å². The lowest BCUT2D eigenvalue weighted by molar-refractivity contribution is -0.0873. The Bertz CT molecular complexity index is 437. The predicted octanol–water partition coefficient (Wildman–Crippen LogP) is 4.39. The van der Waals surface area contributed by atoms with Crippen LogP contribution < -0.4 is 0 Å². The van der Waals surface area contributed by atoms with Gasteiger partial charge in [0.25, 0.3) is 0 Å². The average molecular weight is 289 g/mol. The number of fused-ring (bicyclic) bond motifs is 3. The molecule has 0 aliphatic heterocycles. The highest BCUT2D eigenvalue weighted by molar-refractivity contribution is 5.11. The van der Waals surface area contributed by atoms with Crippen molar-refractivity contribution in [2.24, 2.45) is 40.4 Å². The molecule has 0 aromatic heterocycles. The minimum Gasteiger partial charge on any atom is -0.396 e. The highest BCUT2D eigenvalue weighted by Gasteiger charge is 2.58. The van der Waals surface area contributed by atoms with E-state index < -0.39 is 0 Å². The first-order valence-corrected chi connectivity index (χ1v) is 8.95. The zero-order valence-electron chi connectivity index (χ0n) is 13.9. The summed E-state index contributed by atoms with van der Waals surface area (Å²) >= 11 is 0. The number of hydrogen-bond donors (Lipinski definition) is 1. The lowest BCUT2D eigenvalue weighted by Crippen LogP contribution is -2.50. The summed E-state index contributed by atoms with van der Waals surface area (Å²) in [5.74, 6) is 3.38. The second kappa shape index (κ2) is 5.27. The highest BCUT2D eigenvalue weighted by atomic mass is 16.3. The third kappa shape index (κ3) is 2.15. The molecule has 0 saturated heterocycles. The fourth-order valence-corrected chi connectivity index (χ4v) is 6.57. The summed E-state index contributed by atoms with van der Waals surface area (Å²) < 4.78 is 0. The van der Waals surface area contributed by atoms with Crippen LogP contribution in [0.1, 0.15) is 65.7 Å². The van der Waals surface area contributed by atoms with Crippen molar-refractivity contribution in [3.8, 4) is 6.07 Å². The Hall–Kier alpha value is -0.550. The smallest absolute Gasteiger partial charge is 0.0661 e. The fourth-order valence-electron chi connectivity index (χ4n) is 6.57. The number of nitrogens with zero attached hydrogens (tertiary/aromatic N) is 1. The molecule has 6 atom stereocenters. The first-order valence-electron chi connectivity index (χ1n) is 8.95. The number of rotatable bonds is 2. The van der Waals surface area contributed by atoms with Crippen LogP contribution in [-0.4, -0.2) is 11.7 Å². The van der Waals surface area contributed by atoms with Gasteiger partial charge in [-0.1, -0.05) is 20.8 Å². The number of hydrogen-bond acceptors (Lipinski definition) is 2. The van der Waals surface area contributed by atoms with Gasteiger partial charge in [-0.05, 0) is 79.4 Å². The summed E-state index contributed by atoms with van der Waals surface area (Å²) in [5.41, 5.74) is 0.646. The molecule has 2 nitrogen and oxygen atoms in total. The van der Waals surface area contributed by atoms with Gasteiger partial charge in [-0.15, -0.1) is 0 Å². The van der Waals surface area contributed by atoms with Gasteiger partial charge in [0.15, 0.2) is 0 Å². The quantitative estimate of drug-likeness (QED) is 0.819. The molecule has 3 aliphatic rings. The van der Waals surface area contributed by atoms with E-state index in [0.717, 1.165) is 30.6 Å². The van der Waals surface area contributed by atoms with E-state index in [-0.39, 0.29) is 5.41 Å². The standard InChI is InChI=1S/C19H31NO/c1-18(2)13(9-11-21)4-6-15-16(18)8-10-19(3)14(12-20)5-7-17(15)19/h13-17,21H,4-11H2,1-3H3/t13-,14-,15+,16-,17-,19+/m0/s1. The number of nitriles is 1. The molecule has 2 heteroatoms. The Morgan fingerprint density at radius 1 is 1.05 bits per heavy atom. The SMILES string of the molecule is CC1(C)[C@H](CCO)CC[C@@H]2[C@@H]1CC[C@]1(C)[C@H](C#N)CC[C@@H]21. The van der Waals surface area contributed by atoms with Gasteiger partial charge in [-0.2, -0.15) is 5.26 Å². The number of aliphatic hydroxyl groups is 1. The van der Waals surface area contributed by atoms with E-state index in [1.54, 1.807) is 0 Å². The van der Waals surface area contributed by atoms with E-state index in [2.05, 4.69) is 26.8 Å². The van der Waals surface area contributed by atoms with Crippen LogP contribution in [0.3, 0.4) is 0 Å². The monoisotopic (exact) mass is 289 g/mol. The number of aliphatic hydroxyl groups excluding tert-OH is 1. The summed E-state index contributed by atoms with van der Waals surface area (Å²) in [7, 11) is 0. The van der Waals surface area contributed by atoms with E-state index in [1.165, 1.54) is 32.1 Å². The van der Waals surface area contributed by atoms with E-state index in [1.807, 2.05) is 0 Å². The lowest BCUT2D eigenvalue weighted by Gasteiger charge is -2.57. The maximum Gasteiger partial charge on any atom is 0.0661 e. The molecule has 0 aromatic carbocycles. The molecule has 0 spiro atoms. The van der Waals surface area contributed by atoms with E-state index in [9.17, 15) is 10.4 Å². The Balaban J connectivity index is 1.85. The Kier molecular flexibility index (Phi) is 3.85. The van der Waals surface area contributed by atoms with Crippen LogP contribution in [0.15, 0.2) is 0 Å². The van der Waals surface area contributed by atoms with Gasteiger partial charge < -0.3 is 5.11 Å². The fraction of sp³-hybridized carbons (Fsp3) is 0.947. The summed E-state index contributed by atoms with van der Waals surface area (Å²) in [6.45, 7) is 7.64. The van der Waals surface area contributed by atoms with E-state index in [4.69, 9.17) is 0 Å². The third-order valence-corrected chi connectivity index (χ3v) is 7.93. The molecule has 0 amide bonds. The average Bonchev–Trinajstić information content (AvgIpc) is 2.78. The molecule has 118 valence electrons. The summed E-state index contributed by atoms with van der Waals surface area (Å²) in [5, 5.41) is 18.9. The molecule has 3 fully saturated rings. The molecule has 3 rings (SSSR count). The third-order valence-electron chi connectivity index (χ3n) is 7.93. The van der Waals surface area contributed by atoms with Crippen LogP contribution in [0, 0.1) is 51.8 Å². The lowest BCUT2D eigenvalue weighted by atomic mass is 9.47. The first kappa shape index (κ1) is 15.3. The molecule has 1 N–H and O–H groups in total. The summed E-state index contributed by atoms with van der Waals surface area (Å²) in [6.07, 6.45) is 8.52. The van der Waals surface area contributed by atoms with E-state index >= 15 is 0 Å². The van der Waals surface area contributed by atoms with Crippen molar-refractivity contribution < 1.29 is 5.11 Å². The molecule has 0 unspecified atom stereocenters. The van der Waals surface area contributed by atoms with Crippen LogP contribution in [0.25, 0.3) is 0 Å². The molecule has 0 bridgehead atoms. The molecule has 3 aliphatic carbocycles. The predicted molar refractivity (Wildman–Crippen MR) is 84.4 cm³/mol. The van der Waals surface area contributed by atoms with Crippen LogP contribution >= 0.6 is 0 Å². The van der Waals surface area contributed by atoms with Gasteiger partial charge in [-0.3, -0.25) is 0 Å². The van der Waals surface area contributed by atoms with Crippen molar-refractivity contribution in [2.75, 3.05) is 6.61 Å². The molecular weight excluding hydrogens is 258 g/mol. The maximum absolute atomic E-state index is 9.50. The van der Waals surface area contributed by atoms with Crippen molar-refractivity contribution in [1.29, 1.82) is 5.26 Å². The van der Waals surface area contributed by atoms with Gasteiger partial charge in [0, 0.05) is 6.61 Å². The highest BCUT2D eigenvalue weighted by Crippen LogP contribution is 2.65. The molecule has 0 radical (unpaired) electrons. The normalized spacial score (nSPS) is 48.2. The van der Waals surface area contributed by atoms with Crippen LogP contribution in [0.2, 0.25) is 0 Å². The van der Waals surface area contributed by atoms with Crippen molar-refractivity contribution in [3.05, 3.63) is 0 Å². The van der Waals surface area contributed by atoms with E-state index in [0.29, 0.717) is 23.9 Å². The molecule has 0 heterocycles. The summed E-state index contributed by atoms with van der Waals surface area (Å²) in [4.78, 5) is 0. The van der Waals surface area contributed by atoms with Gasteiger partial charge in [-0.25, -0.2) is 0 Å². The topological polar surface area (TPSA) is 44.0 Å². The largest absolute Gasteiger partial charge is 0.396 e. The zero-order valence-corrected chi connectivity index (χ0v) is 13.9. The second-order valence-corrected chi connectivity index (χ2v) is 8.79. The Morgan fingerprint density at radius 2 is 1.81 bits per heavy atom. The van der Waals surface area contributed by atoms with Gasteiger partial charge in [0.2, 0.25) is 0 Å². The van der Waals surface area contributed by atoms with Gasteiger partial charge in [0.05, 0.1) is 12.0 Å². The second-order valence-electron chi connectivity index (χ2n) is 8.79. The molecular formula is C19H31NO. The van der Waals surface area contributed by atoms with Crippen LogP contribution in [0.5, 0.6) is 0 Å².